The number of hydrogen-bond acceptors (Lipinski definition) is 3. The van der Waals surface area contributed by atoms with Gasteiger partial charge in [-0.15, -0.1) is 0 Å². The Hall–Kier alpha value is -0.900. The third-order valence-corrected chi connectivity index (χ3v) is 4.61. The van der Waals surface area contributed by atoms with E-state index in [1.165, 1.54) is 63.1 Å². The van der Waals surface area contributed by atoms with Crippen molar-refractivity contribution in [2.75, 3.05) is 32.7 Å². The SMILES string of the molecule is CCCN1CCN(Cc2ccc(CNC3CC3)cc2)CC1. The monoisotopic (exact) mass is 287 g/mol. The summed E-state index contributed by atoms with van der Waals surface area (Å²) in [6, 6.07) is 9.99. The molecule has 0 aromatic heterocycles. The van der Waals surface area contributed by atoms with Gasteiger partial charge in [-0.3, -0.25) is 4.90 Å². The molecule has 0 amide bonds. The highest BCUT2D eigenvalue weighted by Gasteiger charge is 2.20. The van der Waals surface area contributed by atoms with Crippen LogP contribution in [0.1, 0.15) is 37.3 Å². The molecule has 2 fully saturated rings. The Kier molecular flexibility index (Phi) is 5.28. The molecule has 0 atom stereocenters. The zero-order valence-electron chi connectivity index (χ0n) is 13.4. The van der Waals surface area contributed by atoms with E-state index in [0.717, 1.165) is 19.1 Å². The molecule has 116 valence electrons. The van der Waals surface area contributed by atoms with E-state index in [1.54, 1.807) is 0 Å². The van der Waals surface area contributed by atoms with E-state index < -0.39 is 0 Å². The number of hydrogen-bond donors (Lipinski definition) is 1. The number of piperazine rings is 1. The molecule has 1 saturated heterocycles. The van der Waals surface area contributed by atoms with Crippen molar-refractivity contribution >= 4 is 0 Å². The van der Waals surface area contributed by atoms with Crippen molar-refractivity contribution in [2.45, 2.75) is 45.3 Å². The standard InChI is InChI=1S/C18H29N3/c1-2-9-20-10-12-21(13-11-20)15-17-5-3-16(4-6-17)14-19-18-7-8-18/h3-6,18-19H,2,7-15H2,1H3. The second-order valence-corrected chi connectivity index (χ2v) is 6.59. The Labute approximate surface area is 129 Å². The largest absolute Gasteiger partial charge is 0.310 e. The van der Waals surface area contributed by atoms with Crippen LogP contribution >= 0.6 is 0 Å². The van der Waals surface area contributed by atoms with Crippen LogP contribution in [0.5, 0.6) is 0 Å². The van der Waals surface area contributed by atoms with E-state index in [-0.39, 0.29) is 0 Å². The maximum atomic E-state index is 3.57. The minimum atomic E-state index is 0.795. The van der Waals surface area contributed by atoms with Crippen LogP contribution in [-0.4, -0.2) is 48.6 Å². The van der Waals surface area contributed by atoms with Gasteiger partial charge in [-0.2, -0.15) is 0 Å². The van der Waals surface area contributed by atoms with E-state index in [0.29, 0.717) is 0 Å². The van der Waals surface area contributed by atoms with Gasteiger partial charge in [-0.1, -0.05) is 31.2 Å². The zero-order valence-corrected chi connectivity index (χ0v) is 13.4. The molecule has 1 heterocycles. The molecule has 1 N–H and O–H groups in total. The Bertz CT molecular complexity index is 417. The minimum absolute atomic E-state index is 0.795. The molecule has 3 nitrogen and oxygen atoms in total. The minimum Gasteiger partial charge on any atom is -0.310 e. The second-order valence-electron chi connectivity index (χ2n) is 6.59. The Morgan fingerprint density at radius 3 is 2.19 bits per heavy atom. The van der Waals surface area contributed by atoms with E-state index in [4.69, 9.17) is 0 Å². The molecule has 1 aromatic carbocycles. The lowest BCUT2D eigenvalue weighted by Gasteiger charge is -2.34. The number of nitrogens with zero attached hydrogens (tertiary/aromatic N) is 2. The van der Waals surface area contributed by atoms with Gasteiger partial charge in [-0.25, -0.2) is 0 Å². The lowest BCUT2D eigenvalue weighted by Crippen LogP contribution is -2.45. The first-order valence-corrected chi connectivity index (χ1v) is 8.59. The fraction of sp³-hybridized carbons (Fsp3) is 0.667. The van der Waals surface area contributed by atoms with Crippen LogP contribution in [0, 0.1) is 0 Å². The molecule has 1 aliphatic carbocycles. The topological polar surface area (TPSA) is 18.5 Å². The van der Waals surface area contributed by atoms with Crippen molar-refractivity contribution < 1.29 is 0 Å². The van der Waals surface area contributed by atoms with E-state index in [9.17, 15) is 0 Å². The summed E-state index contributed by atoms with van der Waals surface area (Å²) in [4.78, 5) is 5.17. The molecular formula is C18H29N3. The average Bonchev–Trinajstić information content (AvgIpc) is 3.33. The second kappa shape index (κ2) is 7.39. The molecule has 0 bridgehead atoms. The maximum absolute atomic E-state index is 3.57. The van der Waals surface area contributed by atoms with Crippen LogP contribution in [0.2, 0.25) is 0 Å². The van der Waals surface area contributed by atoms with Gasteiger partial charge in [0.15, 0.2) is 0 Å². The fourth-order valence-electron chi connectivity index (χ4n) is 3.06. The molecule has 1 aromatic rings. The van der Waals surface area contributed by atoms with Gasteiger partial charge in [0.1, 0.15) is 0 Å². The smallest absolute Gasteiger partial charge is 0.0234 e. The molecule has 0 spiro atoms. The highest BCUT2D eigenvalue weighted by atomic mass is 15.3. The molecule has 0 unspecified atom stereocenters. The van der Waals surface area contributed by atoms with Crippen LogP contribution in [0.15, 0.2) is 24.3 Å². The van der Waals surface area contributed by atoms with Crippen molar-refractivity contribution in [3.8, 4) is 0 Å². The maximum Gasteiger partial charge on any atom is 0.0234 e. The highest BCUT2D eigenvalue weighted by Crippen LogP contribution is 2.19. The first kappa shape index (κ1) is 15.0. The van der Waals surface area contributed by atoms with Crippen molar-refractivity contribution in [3.63, 3.8) is 0 Å². The Balaban J connectivity index is 1.42. The molecule has 21 heavy (non-hydrogen) atoms. The third kappa shape index (κ3) is 4.80. The lowest BCUT2D eigenvalue weighted by molar-refractivity contribution is 0.127. The summed E-state index contributed by atoms with van der Waals surface area (Å²) in [5.41, 5.74) is 2.87. The predicted molar refractivity (Wildman–Crippen MR) is 88.3 cm³/mol. The van der Waals surface area contributed by atoms with Gasteiger partial charge in [0.25, 0.3) is 0 Å². The molecule has 3 heteroatoms. The van der Waals surface area contributed by atoms with Crippen molar-refractivity contribution in [1.82, 2.24) is 15.1 Å². The van der Waals surface area contributed by atoms with Gasteiger partial charge in [-0.05, 0) is 36.9 Å². The molecule has 1 aliphatic heterocycles. The highest BCUT2D eigenvalue weighted by molar-refractivity contribution is 5.22. The predicted octanol–water partition coefficient (Wildman–Crippen LogP) is 2.47. The Morgan fingerprint density at radius 2 is 1.57 bits per heavy atom. The summed E-state index contributed by atoms with van der Waals surface area (Å²) in [6.07, 6.45) is 4.00. The zero-order chi connectivity index (χ0) is 14.5. The van der Waals surface area contributed by atoms with Crippen molar-refractivity contribution in [1.29, 1.82) is 0 Å². The fourth-order valence-corrected chi connectivity index (χ4v) is 3.06. The van der Waals surface area contributed by atoms with Crippen LogP contribution in [-0.2, 0) is 13.1 Å². The van der Waals surface area contributed by atoms with Crippen molar-refractivity contribution in [3.05, 3.63) is 35.4 Å². The molecule has 0 radical (unpaired) electrons. The average molecular weight is 287 g/mol. The summed E-state index contributed by atoms with van der Waals surface area (Å²) >= 11 is 0. The van der Waals surface area contributed by atoms with Crippen LogP contribution in [0.25, 0.3) is 0 Å². The summed E-state index contributed by atoms with van der Waals surface area (Å²) in [7, 11) is 0. The quantitative estimate of drug-likeness (QED) is 0.831. The summed E-state index contributed by atoms with van der Waals surface area (Å²) in [6.45, 7) is 10.6. The van der Waals surface area contributed by atoms with E-state index >= 15 is 0 Å². The third-order valence-electron chi connectivity index (χ3n) is 4.61. The molecular weight excluding hydrogens is 258 g/mol. The molecule has 3 rings (SSSR count). The number of rotatable bonds is 7. The van der Waals surface area contributed by atoms with Crippen LogP contribution in [0.4, 0.5) is 0 Å². The first-order valence-electron chi connectivity index (χ1n) is 8.59. The summed E-state index contributed by atoms with van der Waals surface area (Å²) in [5, 5.41) is 3.57. The van der Waals surface area contributed by atoms with Gasteiger partial charge in [0, 0.05) is 45.3 Å². The summed E-state index contributed by atoms with van der Waals surface area (Å²) in [5.74, 6) is 0. The lowest BCUT2D eigenvalue weighted by atomic mass is 10.1. The number of benzene rings is 1. The van der Waals surface area contributed by atoms with Gasteiger partial charge in [0.05, 0.1) is 0 Å². The summed E-state index contributed by atoms with van der Waals surface area (Å²) < 4.78 is 0. The number of nitrogens with one attached hydrogen (secondary N) is 1. The normalized spacial score (nSPS) is 20.8. The van der Waals surface area contributed by atoms with E-state index in [2.05, 4.69) is 46.3 Å². The van der Waals surface area contributed by atoms with Crippen LogP contribution in [0.3, 0.4) is 0 Å². The molecule has 1 saturated carbocycles. The molecule has 2 aliphatic rings. The first-order chi connectivity index (χ1) is 10.3. The van der Waals surface area contributed by atoms with Gasteiger partial charge in [0.2, 0.25) is 0 Å². The van der Waals surface area contributed by atoms with Crippen LogP contribution < -0.4 is 5.32 Å². The Morgan fingerprint density at radius 1 is 0.952 bits per heavy atom. The van der Waals surface area contributed by atoms with Gasteiger partial charge < -0.3 is 10.2 Å². The van der Waals surface area contributed by atoms with Gasteiger partial charge >= 0.3 is 0 Å². The van der Waals surface area contributed by atoms with Crippen molar-refractivity contribution in [2.24, 2.45) is 0 Å². The van der Waals surface area contributed by atoms with E-state index in [1.807, 2.05) is 0 Å².